The number of rotatable bonds is 3. The van der Waals surface area contributed by atoms with E-state index in [1.54, 1.807) is 24.4 Å². The summed E-state index contributed by atoms with van der Waals surface area (Å²) < 4.78 is 0. The summed E-state index contributed by atoms with van der Waals surface area (Å²) in [6.45, 7) is 0. The molecule has 0 aliphatic carbocycles. The van der Waals surface area contributed by atoms with Gasteiger partial charge in [0.25, 0.3) is 0 Å². The van der Waals surface area contributed by atoms with Crippen LogP contribution in [0.15, 0.2) is 53.7 Å². The van der Waals surface area contributed by atoms with Gasteiger partial charge in [-0.05, 0) is 23.8 Å². The highest BCUT2D eigenvalue weighted by Gasteiger charge is 2.10. The molecule has 0 aliphatic rings. The highest BCUT2D eigenvalue weighted by molar-refractivity contribution is 6.46. The number of hydrogen-bond donors (Lipinski definition) is 1. The number of nitrogens with one attached hydrogen (secondary N) is 1. The fourth-order valence-electron chi connectivity index (χ4n) is 1.36. The molecule has 1 aromatic heterocycles. The molecule has 0 saturated carbocycles. The van der Waals surface area contributed by atoms with Crippen molar-refractivity contribution in [2.75, 3.05) is 0 Å². The molecule has 0 saturated heterocycles. The first kappa shape index (κ1) is 10.7. The summed E-state index contributed by atoms with van der Waals surface area (Å²) in [5.74, 6) is -0.199. The summed E-state index contributed by atoms with van der Waals surface area (Å²) in [6.07, 6.45) is 3.35. The molecule has 1 N–H and O–H groups in total. The van der Waals surface area contributed by atoms with Gasteiger partial charge in [-0.15, -0.1) is 0 Å². The highest BCUT2D eigenvalue weighted by atomic mass is 35.5. The normalized spacial score (nSPS) is 11.4. The smallest absolute Gasteiger partial charge is 0.220 e. The molecule has 0 spiro atoms. The summed E-state index contributed by atoms with van der Waals surface area (Å²) in [5, 5.41) is 0.202. The number of H-pyrrole nitrogens is 1. The van der Waals surface area contributed by atoms with Crippen molar-refractivity contribution in [1.29, 1.82) is 0 Å². The van der Waals surface area contributed by atoms with Crippen LogP contribution in [0.5, 0.6) is 0 Å². The highest BCUT2D eigenvalue weighted by Crippen LogP contribution is 2.14. The summed E-state index contributed by atoms with van der Waals surface area (Å²) in [5.41, 5.74) is 1.41. The van der Waals surface area contributed by atoms with Crippen LogP contribution in [0.4, 0.5) is 0 Å². The second kappa shape index (κ2) is 4.81. The van der Waals surface area contributed by atoms with Gasteiger partial charge in [-0.25, -0.2) is 0 Å². The number of carbonyl (C=O) groups excluding carboxylic acids is 1. The first-order chi connectivity index (χ1) is 7.77. The SMILES string of the molecule is O=C(/C(Cl)=C/c1ccccc1)c1ccc[nH]1. The zero-order valence-electron chi connectivity index (χ0n) is 8.48. The molecule has 0 bridgehead atoms. The van der Waals surface area contributed by atoms with Crippen LogP contribution in [0.2, 0.25) is 0 Å². The fourth-order valence-corrected chi connectivity index (χ4v) is 1.59. The van der Waals surface area contributed by atoms with Gasteiger partial charge in [0.05, 0.1) is 10.7 Å². The van der Waals surface area contributed by atoms with Crippen molar-refractivity contribution >= 4 is 23.5 Å². The van der Waals surface area contributed by atoms with E-state index in [1.807, 2.05) is 30.3 Å². The zero-order valence-corrected chi connectivity index (χ0v) is 9.24. The van der Waals surface area contributed by atoms with E-state index in [1.165, 1.54) is 0 Å². The molecule has 0 amide bonds. The number of Topliss-reactive ketones (excluding diaryl/α,β-unsaturated/α-hetero) is 1. The minimum atomic E-state index is -0.199. The Morgan fingerprint density at radius 2 is 1.88 bits per heavy atom. The lowest BCUT2D eigenvalue weighted by Gasteiger charge is -1.97. The Balaban J connectivity index is 2.23. The Bertz CT molecular complexity index is 500. The fraction of sp³-hybridized carbons (Fsp3) is 0. The van der Waals surface area contributed by atoms with Gasteiger partial charge in [0, 0.05) is 6.20 Å². The Hall–Kier alpha value is -1.80. The number of hydrogen-bond acceptors (Lipinski definition) is 1. The van der Waals surface area contributed by atoms with Crippen molar-refractivity contribution in [1.82, 2.24) is 4.98 Å². The van der Waals surface area contributed by atoms with Crippen LogP contribution in [0.3, 0.4) is 0 Å². The van der Waals surface area contributed by atoms with E-state index in [-0.39, 0.29) is 10.8 Å². The maximum atomic E-state index is 11.8. The molecular formula is C13H10ClNO. The van der Waals surface area contributed by atoms with E-state index in [2.05, 4.69) is 4.98 Å². The van der Waals surface area contributed by atoms with Gasteiger partial charge in [0.1, 0.15) is 0 Å². The Morgan fingerprint density at radius 1 is 1.12 bits per heavy atom. The van der Waals surface area contributed by atoms with Crippen molar-refractivity contribution in [3.05, 3.63) is 65.0 Å². The third-order valence-electron chi connectivity index (χ3n) is 2.15. The molecule has 0 fully saturated rings. The van der Waals surface area contributed by atoms with Crippen LogP contribution in [0.1, 0.15) is 16.1 Å². The predicted molar refractivity (Wildman–Crippen MR) is 65.4 cm³/mol. The van der Waals surface area contributed by atoms with Crippen molar-refractivity contribution in [3.8, 4) is 0 Å². The first-order valence-corrected chi connectivity index (χ1v) is 5.25. The molecule has 0 atom stereocenters. The third-order valence-corrected chi connectivity index (χ3v) is 2.43. The van der Waals surface area contributed by atoms with Gasteiger partial charge in [0.2, 0.25) is 5.78 Å². The standard InChI is InChI=1S/C13H10ClNO/c14-11(9-10-5-2-1-3-6-10)13(16)12-7-4-8-15-12/h1-9,15H/b11-9-. The van der Waals surface area contributed by atoms with Crippen molar-refractivity contribution in [2.24, 2.45) is 0 Å². The topological polar surface area (TPSA) is 32.9 Å². The van der Waals surface area contributed by atoms with Crippen molar-refractivity contribution in [3.63, 3.8) is 0 Å². The van der Waals surface area contributed by atoms with Gasteiger partial charge in [0.15, 0.2) is 0 Å². The second-order valence-corrected chi connectivity index (χ2v) is 3.72. The third kappa shape index (κ3) is 2.41. The van der Waals surface area contributed by atoms with Crippen LogP contribution >= 0.6 is 11.6 Å². The Kier molecular flexibility index (Phi) is 3.22. The average molecular weight is 232 g/mol. The van der Waals surface area contributed by atoms with E-state index in [9.17, 15) is 4.79 Å². The Labute approximate surface area is 98.6 Å². The number of ketones is 1. The summed E-state index contributed by atoms with van der Waals surface area (Å²) in [4.78, 5) is 14.6. The summed E-state index contributed by atoms with van der Waals surface area (Å²) in [7, 11) is 0. The number of aromatic amines is 1. The molecule has 80 valence electrons. The molecule has 1 aromatic carbocycles. The largest absolute Gasteiger partial charge is 0.358 e. The second-order valence-electron chi connectivity index (χ2n) is 3.32. The maximum Gasteiger partial charge on any atom is 0.220 e. The molecule has 0 unspecified atom stereocenters. The Morgan fingerprint density at radius 3 is 2.50 bits per heavy atom. The number of halogens is 1. The number of aromatic nitrogens is 1. The zero-order chi connectivity index (χ0) is 11.4. The number of allylic oxidation sites excluding steroid dienone is 1. The minimum absolute atomic E-state index is 0.199. The summed E-state index contributed by atoms with van der Waals surface area (Å²) >= 11 is 5.95. The first-order valence-electron chi connectivity index (χ1n) is 4.88. The minimum Gasteiger partial charge on any atom is -0.358 e. The number of benzene rings is 1. The lowest BCUT2D eigenvalue weighted by atomic mass is 10.2. The maximum absolute atomic E-state index is 11.8. The van der Waals surface area contributed by atoms with E-state index >= 15 is 0 Å². The van der Waals surface area contributed by atoms with Gasteiger partial charge < -0.3 is 4.98 Å². The van der Waals surface area contributed by atoms with Crippen molar-refractivity contribution < 1.29 is 4.79 Å². The molecule has 16 heavy (non-hydrogen) atoms. The van der Waals surface area contributed by atoms with Gasteiger partial charge in [-0.1, -0.05) is 41.9 Å². The van der Waals surface area contributed by atoms with E-state index in [0.717, 1.165) is 5.56 Å². The van der Waals surface area contributed by atoms with E-state index in [0.29, 0.717) is 5.69 Å². The average Bonchev–Trinajstić information content (AvgIpc) is 2.83. The predicted octanol–water partition coefficient (Wildman–Crippen LogP) is 3.48. The van der Waals surface area contributed by atoms with Gasteiger partial charge in [-0.2, -0.15) is 0 Å². The lowest BCUT2D eigenvalue weighted by Crippen LogP contribution is -1.98. The van der Waals surface area contributed by atoms with E-state index < -0.39 is 0 Å². The molecular weight excluding hydrogens is 222 g/mol. The van der Waals surface area contributed by atoms with Gasteiger partial charge >= 0.3 is 0 Å². The van der Waals surface area contributed by atoms with Gasteiger partial charge in [-0.3, -0.25) is 4.79 Å². The monoisotopic (exact) mass is 231 g/mol. The quantitative estimate of drug-likeness (QED) is 0.637. The number of carbonyl (C=O) groups is 1. The van der Waals surface area contributed by atoms with Crippen LogP contribution in [-0.2, 0) is 0 Å². The molecule has 1 heterocycles. The summed E-state index contributed by atoms with van der Waals surface area (Å²) in [6, 6.07) is 13.0. The van der Waals surface area contributed by atoms with Crippen LogP contribution in [0, 0.1) is 0 Å². The molecule has 0 aliphatic heterocycles. The van der Waals surface area contributed by atoms with Crippen LogP contribution < -0.4 is 0 Å². The molecule has 2 aromatic rings. The lowest BCUT2D eigenvalue weighted by molar-refractivity contribution is 0.103. The molecule has 3 heteroatoms. The van der Waals surface area contributed by atoms with E-state index in [4.69, 9.17) is 11.6 Å². The van der Waals surface area contributed by atoms with Crippen LogP contribution in [-0.4, -0.2) is 10.8 Å². The molecule has 2 nitrogen and oxygen atoms in total. The van der Waals surface area contributed by atoms with Crippen molar-refractivity contribution in [2.45, 2.75) is 0 Å². The molecule has 2 rings (SSSR count). The van der Waals surface area contributed by atoms with Crippen LogP contribution in [0.25, 0.3) is 6.08 Å². The molecule has 0 radical (unpaired) electrons.